The van der Waals surface area contributed by atoms with Gasteiger partial charge in [-0.3, -0.25) is 9.37 Å². The van der Waals surface area contributed by atoms with Crippen molar-refractivity contribution in [3.63, 3.8) is 0 Å². The average molecular weight is 284 g/mol. The molecule has 0 aliphatic carbocycles. The highest BCUT2D eigenvalue weighted by Gasteiger charge is 2.15. The van der Waals surface area contributed by atoms with E-state index in [1.807, 2.05) is 0 Å². The first kappa shape index (κ1) is 13.7. The maximum atomic E-state index is 12.0. The van der Waals surface area contributed by atoms with Crippen molar-refractivity contribution in [2.45, 2.75) is 11.3 Å². The van der Waals surface area contributed by atoms with Crippen LogP contribution in [0.4, 0.5) is 4.39 Å². The van der Waals surface area contributed by atoms with Crippen molar-refractivity contribution in [2.75, 3.05) is 13.3 Å². The number of sulfonamides is 1. The van der Waals surface area contributed by atoms with Crippen molar-refractivity contribution in [3.8, 4) is 5.75 Å². The second kappa shape index (κ2) is 5.50. The molecule has 0 aliphatic heterocycles. The van der Waals surface area contributed by atoms with Crippen molar-refractivity contribution in [3.05, 3.63) is 30.5 Å². The number of ether oxygens (including phenoxy) is 1. The van der Waals surface area contributed by atoms with Gasteiger partial charge in [0.2, 0.25) is 10.0 Å². The van der Waals surface area contributed by atoms with Crippen LogP contribution < -0.4 is 9.88 Å². The van der Waals surface area contributed by atoms with Crippen LogP contribution in [0.5, 0.6) is 5.75 Å². The van der Waals surface area contributed by atoms with Crippen molar-refractivity contribution in [2.24, 2.45) is 5.14 Å². The Hall–Kier alpha value is -1.73. The summed E-state index contributed by atoms with van der Waals surface area (Å²) in [6, 6.07) is 6.06. The number of benzene rings is 1. The van der Waals surface area contributed by atoms with E-state index in [1.165, 1.54) is 18.3 Å². The highest BCUT2D eigenvalue weighted by atomic mass is 32.2. The van der Waals surface area contributed by atoms with E-state index in [0.717, 1.165) is 0 Å². The first-order valence-corrected chi connectivity index (χ1v) is 7.18. The third-order valence-electron chi connectivity index (χ3n) is 2.53. The van der Waals surface area contributed by atoms with E-state index in [-0.39, 0.29) is 17.9 Å². The molecule has 0 fully saturated rings. The van der Waals surface area contributed by atoms with Gasteiger partial charge in [-0.25, -0.2) is 13.6 Å². The molecule has 0 radical (unpaired) electrons. The van der Waals surface area contributed by atoms with Gasteiger partial charge < -0.3 is 4.74 Å². The number of primary sulfonamides is 1. The highest BCUT2D eigenvalue weighted by molar-refractivity contribution is 7.89. The van der Waals surface area contributed by atoms with Crippen LogP contribution >= 0.6 is 0 Å². The zero-order chi connectivity index (χ0) is 13.9. The van der Waals surface area contributed by atoms with Crippen LogP contribution in [0, 0.1) is 0 Å². The van der Waals surface area contributed by atoms with Gasteiger partial charge >= 0.3 is 0 Å². The molecule has 1 aromatic heterocycles. The summed E-state index contributed by atoms with van der Waals surface area (Å²) < 4.78 is 40.4. The standard InChI is InChI=1S/C12H13FN2O3S/c13-6-2-8-18-10-4-5-11(19(14,16)17)9-3-1-7-15-12(9)10/h1,3-5,7H,2,6,8H2,(H2,14,16,17). The van der Waals surface area contributed by atoms with Crippen molar-refractivity contribution < 1.29 is 17.5 Å². The molecule has 0 aliphatic rings. The maximum Gasteiger partial charge on any atom is 0.238 e. The molecule has 7 heteroatoms. The molecule has 5 nitrogen and oxygen atoms in total. The first-order chi connectivity index (χ1) is 9.04. The lowest BCUT2D eigenvalue weighted by atomic mass is 10.2. The lowest BCUT2D eigenvalue weighted by Gasteiger charge is -2.10. The molecule has 102 valence electrons. The van der Waals surface area contributed by atoms with Crippen molar-refractivity contribution in [1.29, 1.82) is 0 Å². The van der Waals surface area contributed by atoms with Gasteiger partial charge in [0.05, 0.1) is 18.2 Å². The molecule has 0 saturated heterocycles. The Morgan fingerprint density at radius 2 is 2.11 bits per heavy atom. The lowest BCUT2D eigenvalue weighted by Crippen LogP contribution is -2.13. The van der Waals surface area contributed by atoms with E-state index in [0.29, 0.717) is 16.7 Å². The Morgan fingerprint density at radius 3 is 2.79 bits per heavy atom. The SMILES string of the molecule is NS(=O)(=O)c1ccc(OCCCF)c2ncccc12. The predicted octanol–water partition coefficient (Wildman–Crippen LogP) is 1.62. The molecule has 1 aromatic carbocycles. The summed E-state index contributed by atoms with van der Waals surface area (Å²) in [7, 11) is -3.83. The molecule has 0 atom stereocenters. The summed E-state index contributed by atoms with van der Waals surface area (Å²) in [6.07, 6.45) is 1.79. The van der Waals surface area contributed by atoms with Gasteiger partial charge in [-0.15, -0.1) is 0 Å². The smallest absolute Gasteiger partial charge is 0.238 e. The predicted molar refractivity (Wildman–Crippen MR) is 69.2 cm³/mol. The first-order valence-electron chi connectivity index (χ1n) is 5.63. The van der Waals surface area contributed by atoms with Gasteiger partial charge in [0.15, 0.2) is 0 Å². The quantitative estimate of drug-likeness (QED) is 0.846. The van der Waals surface area contributed by atoms with Crippen molar-refractivity contribution >= 4 is 20.9 Å². The van der Waals surface area contributed by atoms with Crippen LogP contribution in [-0.2, 0) is 10.0 Å². The number of aromatic nitrogens is 1. The Bertz CT molecular complexity index is 688. The molecule has 19 heavy (non-hydrogen) atoms. The molecule has 0 bridgehead atoms. The molecule has 2 rings (SSSR count). The lowest BCUT2D eigenvalue weighted by molar-refractivity contribution is 0.292. The number of pyridine rings is 1. The summed E-state index contributed by atoms with van der Waals surface area (Å²) in [4.78, 5) is 4.09. The monoisotopic (exact) mass is 284 g/mol. The van der Waals surface area contributed by atoms with Gasteiger partial charge in [0.25, 0.3) is 0 Å². The van der Waals surface area contributed by atoms with E-state index in [1.54, 1.807) is 12.1 Å². The van der Waals surface area contributed by atoms with Gasteiger partial charge in [-0.05, 0) is 24.3 Å². The number of halogens is 1. The Labute approximate surface area is 110 Å². The van der Waals surface area contributed by atoms with Crippen LogP contribution in [0.2, 0.25) is 0 Å². The topological polar surface area (TPSA) is 82.3 Å². The average Bonchev–Trinajstić information content (AvgIpc) is 2.37. The van der Waals surface area contributed by atoms with E-state index in [2.05, 4.69) is 4.98 Å². The van der Waals surface area contributed by atoms with Crippen LogP contribution in [0.15, 0.2) is 35.4 Å². The number of alkyl halides is 1. The largest absolute Gasteiger partial charge is 0.491 e. The van der Waals surface area contributed by atoms with Crippen LogP contribution in [0.25, 0.3) is 10.9 Å². The summed E-state index contributed by atoms with van der Waals surface area (Å²) in [5, 5.41) is 5.54. The summed E-state index contributed by atoms with van der Waals surface area (Å²) >= 11 is 0. The molecule has 2 N–H and O–H groups in total. The fraction of sp³-hybridized carbons (Fsp3) is 0.250. The zero-order valence-electron chi connectivity index (χ0n) is 10.0. The third kappa shape index (κ3) is 2.99. The molecule has 0 amide bonds. The summed E-state index contributed by atoms with van der Waals surface area (Å²) in [5.74, 6) is 0.413. The fourth-order valence-electron chi connectivity index (χ4n) is 1.72. The molecule has 0 spiro atoms. The van der Waals surface area contributed by atoms with Gasteiger partial charge in [-0.1, -0.05) is 0 Å². The Morgan fingerprint density at radius 1 is 1.32 bits per heavy atom. The molecule has 2 aromatic rings. The molecule has 1 heterocycles. The normalized spacial score (nSPS) is 11.7. The fourth-order valence-corrected chi connectivity index (χ4v) is 2.45. The number of fused-ring (bicyclic) bond motifs is 1. The second-order valence-corrected chi connectivity index (χ2v) is 5.43. The highest BCUT2D eigenvalue weighted by Crippen LogP contribution is 2.28. The third-order valence-corrected chi connectivity index (χ3v) is 3.50. The molecule has 0 unspecified atom stereocenters. The minimum atomic E-state index is -3.83. The summed E-state index contributed by atoms with van der Waals surface area (Å²) in [5.41, 5.74) is 0.396. The van der Waals surface area contributed by atoms with Crippen LogP contribution in [0.1, 0.15) is 6.42 Å². The zero-order valence-corrected chi connectivity index (χ0v) is 10.9. The second-order valence-electron chi connectivity index (χ2n) is 3.90. The molecular formula is C12H13FN2O3S. The number of nitrogens with zero attached hydrogens (tertiary/aromatic N) is 1. The van der Waals surface area contributed by atoms with Crippen LogP contribution in [0.3, 0.4) is 0 Å². The number of hydrogen-bond acceptors (Lipinski definition) is 4. The number of nitrogens with two attached hydrogens (primary N) is 1. The minimum absolute atomic E-state index is 0.00607. The Balaban J connectivity index is 2.52. The number of hydrogen-bond donors (Lipinski definition) is 1. The van der Waals surface area contributed by atoms with Gasteiger partial charge in [0.1, 0.15) is 11.3 Å². The van der Waals surface area contributed by atoms with E-state index < -0.39 is 16.7 Å². The molecule has 0 saturated carbocycles. The van der Waals surface area contributed by atoms with E-state index >= 15 is 0 Å². The Kier molecular flexibility index (Phi) is 3.96. The van der Waals surface area contributed by atoms with Gasteiger partial charge in [-0.2, -0.15) is 0 Å². The van der Waals surface area contributed by atoms with Gasteiger partial charge in [0, 0.05) is 18.0 Å². The molecular weight excluding hydrogens is 271 g/mol. The number of rotatable bonds is 5. The van der Waals surface area contributed by atoms with Crippen molar-refractivity contribution in [1.82, 2.24) is 4.98 Å². The summed E-state index contributed by atoms with van der Waals surface area (Å²) in [6.45, 7) is -0.266. The van der Waals surface area contributed by atoms with E-state index in [9.17, 15) is 12.8 Å². The van der Waals surface area contributed by atoms with E-state index in [4.69, 9.17) is 9.88 Å². The van der Waals surface area contributed by atoms with Crippen LogP contribution in [-0.4, -0.2) is 26.7 Å². The maximum absolute atomic E-state index is 12.0. The minimum Gasteiger partial charge on any atom is -0.491 e.